The van der Waals surface area contributed by atoms with Crippen molar-refractivity contribution in [2.24, 2.45) is 0 Å². The summed E-state index contributed by atoms with van der Waals surface area (Å²) in [6.45, 7) is 7.10. The number of para-hydroxylation sites is 1. The molecule has 0 fully saturated rings. The number of hydrogen-bond acceptors (Lipinski definition) is 4. The van der Waals surface area contributed by atoms with Crippen molar-refractivity contribution in [3.63, 3.8) is 0 Å². The van der Waals surface area contributed by atoms with Gasteiger partial charge in [-0.15, -0.1) is 11.3 Å². The lowest BCUT2D eigenvalue weighted by Gasteiger charge is -2.16. The molecule has 0 aliphatic heterocycles. The second-order valence-electron chi connectivity index (χ2n) is 4.59. The number of benzene rings is 1. The van der Waals surface area contributed by atoms with Gasteiger partial charge in [-0.3, -0.25) is 0 Å². The Hall–Kier alpha value is -1.39. The summed E-state index contributed by atoms with van der Waals surface area (Å²) in [7, 11) is 1.71. The number of ether oxygens (including phenoxy) is 1. The van der Waals surface area contributed by atoms with Gasteiger partial charge in [-0.05, 0) is 26.8 Å². The third-order valence-corrected chi connectivity index (χ3v) is 4.31. The summed E-state index contributed by atoms with van der Waals surface area (Å²) >= 11 is 1.76. The van der Waals surface area contributed by atoms with E-state index in [1.807, 2.05) is 18.2 Å². The summed E-state index contributed by atoms with van der Waals surface area (Å²) < 4.78 is 5.39. The van der Waals surface area contributed by atoms with Crippen LogP contribution < -0.4 is 10.1 Å². The van der Waals surface area contributed by atoms with Gasteiger partial charge < -0.3 is 10.1 Å². The van der Waals surface area contributed by atoms with E-state index in [0.29, 0.717) is 0 Å². The fraction of sp³-hybridized carbons (Fsp3) is 0.400. The number of rotatable bonds is 5. The SMILES string of the molecule is COc1ccccc1[C@@H](C)NCc1nc(C)c(C)s1. The number of nitrogens with one attached hydrogen (secondary N) is 1. The minimum atomic E-state index is 0.237. The van der Waals surface area contributed by atoms with E-state index in [9.17, 15) is 0 Å². The minimum absolute atomic E-state index is 0.237. The second kappa shape index (κ2) is 6.17. The summed E-state index contributed by atoms with van der Waals surface area (Å²) in [6, 6.07) is 8.34. The zero-order chi connectivity index (χ0) is 13.8. The Labute approximate surface area is 118 Å². The van der Waals surface area contributed by atoms with E-state index in [0.717, 1.165) is 23.0 Å². The molecule has 0 spiro atoms. The highest BCUT2D eigenvalue weighted by Gasteiger charge is 2.11. The second-order valence-corrected chi connectivity index (χ2v) is 5.88. The molecule has 2 rings (SSSR count). The van der Waals surface area contributed by atoms with Crippen molar-refractivity contribution in [1.29, 1.82) is 0 Å². The Morgan fingerprint density at radius 3 is 2.68 bits per heavy atom. The predicted molar refractivity (Wildman–Crippen MR) is 79.8 cm³/mol. The summed E-state index contributed by atoms with van der Waals surface area (Å²) in [6.07, 6.45) is 0. The number of thiazole rings is 1. The number of aromatic nitrogens is 1. The lowest BCUT2D eigenvalue weighted by atomic mass is 10.1. The maximum absolute atomic E-state index is 5.39. The van der Waals surface area contributed by atoms with Crippen LogP contribution in [0.1, 0.15) is 34.1 Å². The molecule has 1 aromatic carbocycles. The van der Waals surface area contributed by atoms with E-state index < -0.39 is 0 Å². The normalized spacial score (nSPS) is 12.4. The maximum atomic E-state index is 5.39. The topological polar surface area (TPSA) is 34.1 Å². The molecule has 0 amide bonds. The van der Waals surface area contributed by atoms with E-state index in [-0.39, 0.29) is 6.04 Å². The van der Waals surface area contributed by atoms with Gasteiger partial charge in [0.2, 0.25) is 0 Å². The Balaban J connectivity index is 2.03. The smallest absolute Gasteiger partial charge is 0.123 e. The van der Waals surface area contributed by atoms with E-state index in [4.69, 9.17) is 4.74 Å². The van der Waals surface area contributed by atoms with Gasteiger partial charge in [0.15, 0.2) is 0 Å². The molecule has 102 valence electrons. The van der Waals surface area contributed by atoms with Gasteiger partial charge in [0.1, 0.15) is 10.8 Å². The molecule has 0 bridgehead atoms. The number of aryl methyl sites for hydroxylation is 2. The van der Waals surface area contributed by atoms with Crippen molar-refractivity contribution in [2.75, 3.05) is 7.11 Å². The van der Waals surface area contributed by atoms with Crippen LogP contribution in [-0.4, -0.2) is 12.1 Å². The van der Waals surface area contributed by atoms with Gasteiger partial charge >= 0.3 is 0 Å². The highest BCUT2D eigenvalue weighted by molar-refractivity contribution is 7.11. The standard InChI is InChI=1S/C15H20N2OS/c1-10-12(3)19-15(17-10)9-16-11(2)13-7-5-6-8-14(13)18-4/h5-8,11,16H,9H2,1-4H3/t11-/m1/s1. The van der Waals surface area contributed by atoms with Gasteiger partial charge in [-0.25, -0.2) is 4.98 Å². The van der Waals surface area contributed by atoms with E-state index in [1.54, 1.807) is 18.4 Å². The first-order valence-corrected chi connectivity index (χ1v) is 7.22. The molecule has 0 unspecified atom stereocenters. The van der Waals surface area contributed by atoms with Crippen molar-refractivity contribution in [3.05, 3.63) is 45.4 Å². The lowest BCUT2D eigenvalue weighted by molar-refractivity contribution is 0.401. The summed E-state index contributed by atoms with van der Waals surface area (Å²) in [5.74, 6) is 0.925. The zero-order valence-corrected chi connectivity index (χ0v) is 12.7. The van der Waals surface area contributed by atoms with Gasteiger partial charge in [0.05, 0.1) is 12.8 Å². The molecule has 1 heterocycles. The van der Waals surface area contributed by atoms with Gasteiger partial charge in [-0.2, -0.15) is 0 Å². The van der Waals surface area contributed by atoms with Crippen molar-refractivity contribution in [2.45, 2.75) is 33.4 Å². The van der Waals surface area contributed by atoms with E-state index in [1.165, 1.54) is 10.4 Å². The largest absolute Gasteiger partial charge is 0.496 e. The Bertz CT molecular complexity index is 531. The van der Waals surface area contributed by atoms with Crippen LogP contribution in [0.3, 0.4) is 0 Å². The number of methoxy groups -OCH3 is 1. The summed E-state index contributed by atoms with van der Waals surface area (Å²) in [5.41, 5.74) is 2.31. The fourth-order valence-corrected chi connectivity index (χ4v) is 2.87. The molecular weight excluding hydrogens is 256 g/mol. The molecule has 4 heteroatoms. The lowest BCUT2D eigenvalue weighted by Crippen LogP contribution is -2.18. The molecule has 0 saturated heterocycles. The van der Waals surface area contributed by atoms with Crippen molar-refractivity contribution >= 4 is 11.3 Å². The van der Waals surface area contributed by atoms with Crippen molar-refractivity contribution in [1.82, 2.24) is 10.3 Å². The summed E-state index contributed by atoms with van der Waals surface area (Å²) in [4.78, 5) is 5.84. The predicted octanol–water partition coefficient (Wildman–Crippen LogP) is 3.62. The van der Waals surface area contributed by atoms with Crippen molar-refractivity contribution in [3.8, 4) is 5.75 Å². The average molecular weight is 276 g/mol. The molecule has 1 atom stereocenters. The highest BCUT2D eigenvalue weighted by Crippen LogP contribution is 2.25. The van der Waals surface area contributed by atoms with Crippen LogP contribution in [0.5, 0.6) is 5.75 Å². The quantitative estimate of drug-likeness (QED) is 0.905. The van der Waals surface area contributed by atoms with Crippen LogP contribution in [0.15, 0.2) is 24.3 Å². The minimum Gasteiger partial charge on any atom is -0.496 e. The molecule has 2 aromatic rings. The molecule has 0 radical (unpaired) electrons. The van der Waals surface area contributed by atoms with E-state index >= 15 is 0 Å². The van der Waals surface area contributed by atoms with Gasteiger partial charge in [0.25, 0.3) is 0 Å². The van der Waals surface area contributed by atoms with Gasteiger partial charge in [0, 0.05) is 23.0 Å². The summed E-state index contributed by atoms with van der Waals surface area (Å²) in [5, 5.41) is 4.63. The van der Waals surface area contributed by atoms with Crippen LogP contribution >= 0.6 is 11.3 Å². The van der Waals surface area contributed by atoms with Gasteiger partial charge in [-0.1, -0.05) is 18.2 Å². The molecule has 0 aliphatic carbocycles. The average Bonchev–Trinajstić information content (AvgIpc) is 2.75. The van der Waals surface area contributed by atoms with Crippen molar-refractivity contribution < 1.29 is 4.74 Å². The first-order valence-electron chi connectivity index (χ1n) is 6.41. The third kappa shape index (κ3) is 3.33. The molecule has 0 saturated carbocycles. The van der Waals surface area contributed by atoms with Crippen LogP contribution in [0.2, 0.25) is 0 Å². The monoisotopic (exact) mass is 276 g/mol. The van der Waals surface area contributed by atoms with Crippen LogP contribution in [-0.2, 0) is 6.54 Å². The zero-order valence-electron chi connectivity index (χ0n) is 11.9. The Morgan fingerprint density at radius 1 is 1.32 bits per heavy atom. The van der Waals surface area contributed by atoms with Crippen LogP contribution in [0.4, 0.5) is 0 Å². The first-order chi connectivity index (χ1) is 9.11. The molecule has 1 N–H and O–H groups in total. The Kier molecular flexibility index (Phi) is 4.56. The molecule has 1 aromatic heterocycles. The molecule has 3 nitrogen and oxygen atoms in total. The molecular formula is C15H20N2OS. The highest BCUT2D eigenvalue weighted by atomic mass is 32.1. The number of hydrogen-bond donors (Lipinski definition) is 1. The first kappa shape index (κ1) is 14.0. The number of nitrogens with zero attached hydrogens (tertiary/aromatic N) is 1. The third-order valence-electron chi connectivity index (χ3n) is 3.24. The Morgan fingerprint density at radius 2 is 2.05 bits per heavy atom. The molecule has 19 heavy (non-hydrogen) atoms. The molecule has 0 aliphatic rings. The maximum Gasteiger partial charge on any atom is 0.123 e. The fourth-order valence-electron chi connectivity index (χ4n) is 1.99. The van der Waals surface area contributed by atoms with Crippen LogP contribution in [0, 0.1) is 13.8 Å². The van der Waals surface area contributed by atoms with Crippen LogP contribution in [0.25, 0.3) is 0 Å². The van der Waals surface area contributed by atoms with E-state index in [2.05, 4.69) is 37.1 Å².